The smallest absolute Gasteiger partial charge is 0.130 e. The van der Waals surface area contributed by atoms with Crippen LogP contribution >= 0.6 is 0 Å². The number of fused-ring (bicyclic) bond motifs is 1. The topological polar surface area (TPSA) is 65.0 Å². The number of pyridine rings is 1. The Bertz CT molecular complexity index is 1500. The zero-order valence-electron chi connectivity index (χ0n) is 19.7. The second-order valence-electron chi connectivity index (χ2n) is 8.12. The molecular formula is C29H26N4O2. The lowest BCUT2D eigenvalue weighted by molar-refractivity contribution is 0.299. The summed E-state index contributed by atoms with van der Waals surface area (Å²) >= 11 is 0. The van der Waals surface area contributed by atoms with Gasteiger partial charge in [0.25, 0.3) is 0 Å². The van der Waals surface area contributed by atoms with Crippen molar-refractivity contribution in [2.45, 2.75) is 6.61 Å². The van der Waals surface area contributed by atoms with E-state index < -0.39 is 0 Å². The average Bonchev–Trinajstić information content (AvgIpc) is 3.51. The molecule has 0 amide bonds. The molecule has 3 aromatic heterocycles. The van der Waals surface area contributed by atoms with Crippen molar-refractivity contribution in [3.8, 4) is 11.5 Å². The van der Waals surface area contributed by atoms with Crippen LogP contribution in [0.3, 0.4) is 0 Å². The first-order valence-corrected chi connectivity index (χ1v) is 11.4. The third-order valence-corrected chi connectivity index (χ3v) is 5.71. The van der Waals surface area contributed by atoms with E-state index in [0.29, 0.717) is 6.61 Å². The SMILES string of the molecule is COc1cc(OCc2ccccn2)ccc1/C=C/c1cc(/C=C/c2ccc3cc[nH]c3c2)n(C)n1. The van der Waals surface area contributed by atoms with Gasteiger partial charge in [-0.05, 0) is 71.6 Å². The summed E-state index contributed by atoms with van der Waals surface area (Å²) in [5, 5.41) is 5.82. The lowest BCUT2D eigenvalue weighted by Crippen LogP contribution is -1.98. The number of H-pyrrole nitrogens is 1. The van der Waals surface area contributed by atoms with Crippen LogP contribution in [0.1, 0.15) is 28.2 Å². The molecule has 0 aliphatic heterocycles. The van der Waals surface area contributed by atoms with E-state index in [-0.39, 0.29) is 0 Å². The fraction of sp³-hybridized carbons (Fsp3) is 0.103. The number of hydrogen-bond acceptors (Lipinski definition) is 4. The molecule has 3 heterocycles. The highest BCUT2D eigenvalue weighted by atomic mass is 16.5. The van der Waals surface area contributed by atoms with Crippen molar-refractivity contribution < 1.29 is 9.47 Å². The minimum atomic E-state index is 0.405. The van der Waals surface area contributed by atoms with Crippen LogP contribution in [0.4, 0.5) is 0 Å². The van der Waals surface area contributed by atoms with Crippen molar-refractivity contribution >= 4 is 35.2 Å². The molecule has 174 valence electrons. The molecule has 2 aromatic carbocycles. The summed E-state index contributed by atoms with van der Waals surface area (Å²) in [4.78, 5) is 7.54. The molecule has 0 atom stereocenters. The van der Waals surface area contributed by atoms with E-state index in [1.54, 1.807) is 13.3 Å². The van der Waals surface area contributed by atoms with Gasteiger partial charge in [0, 0.05) is 36.6 Å². The van der Waals surface area contributed by atoms with E-state index in [1.807, 2.05) is 66.5 Å². The van der Waals surface area contributed by atoms with Gasteiger partial charge in [0.05, 0.1) is 24.2 Å². The van der Waals surface area contributed by atoms with E-state index in [9.17, 15) is 0 Å². The number of rotatable bonds is 8. The van der Waals surface area contributed by atoms with Gasteiger partial charge >= 0.3 is 0 Å². The van der Waals surface area contributed by atoms with Crippen LogP contribution in [-0.4, -0.2) is 26.9 Å². The minimum Gasteiger partial charge on any atom is -0.496 e. The van der Waals surface area contributed by atoms with E-state index in [1.165, 1.54) is 5.39 Å². The van der Waals surface area contributed by atoms with Crippen molar-refractivity contribution in [3.63, 3.8) is 0 Å². The van der Waals surface area contributed by atoms with Crippen LogP contribution in [0.25, 0.3) is 35.2 Å². The molecule has 0 unspecified atom stereocenters. The molecule has 0 spiro atoms. The summed E-state index contributed by atoms with van der Waals surface area (Å²) in [5.74, 6) is 1.46. The van der Waals surface area contributed by atoms with Gasteiger partial charge in [-0.2, -0.15) is 5.10 Å². The van der Waals surface area contributed by atoms with E-state index in [2.05, 4.69) is 57.6 Å². The number of aromatic amines is 1. The van der Waals surface area contributed by atoms with Gasteiger partial charge < -0.3 is 14.5 Å². The third-order valence-electron chi connectivity index (χ3n) is 5.71. The Balaban J connectivity index is 1.28. The quantitative estimate of drug-likeness (QED) is 0.297. The first-order chi connectivity index (χ1) is 17.2. The van der Waals surface area contributed by atoms with Crippen molar-refractivity contribution in [3.05, 3.63) is 107 Å². The van der Waals surface area contributed by atoms with Crippen LogP contribution in [0, 0.1) is 0 Å². The van der Waals surface area contributed by atoms with Crippen molar-refractivity contribution in [1.29, 1.82) is 0 Å². The van der Waals surface area contributed by atoms with Gasteiger partial charge in [0.15, 0.2) is 0 Å². The first-order valence-electron chi connectivity index (χ1n) is 11.4. The number of methoxy groups -OCH3 is 1. The highest BCUT2D eigenvalue weighted by molar-refractivity contribution is 5.83. The molecule has 0 aliphatic carbocycles. The molecule has 0 fully saturated rings. The predicted molar refractivity (Wildman–Crippen MR) is 141 cm³/mol. The fourth-order valence-electron chi connectivity index (χ4n) is 3.83. The Kier molecular flexibility index (Phi) is 6.44. The molecule has 0 saturated heterocycles. The van der Waals surface area contributed by atoms with E-state index >= 15 is 0 Å². The van der Waals surface area contributed by atoms with Crippen LogP contribution in [0.2, 0.25) is 0 Å². The summed E-state index contributed by atoms with van der Waals surface area (Å²) in [6.07, 6.45) is 11.9. The highest BCUT2D eigenvalue weighted by Crippen LogP contribution is 2.27. The number of aromatic nitrogens is 4. The van der Waals surface area contributed by atoms with Crippen LogP contribution in [-0.2, 0) is 13.7 Å². The maximum absolute atomic E-state index is 5.86. The Morgan fingerprint density at radius 1 is 0.943 bits per heavy atom. The lowest BCUT2D eigenvalue weighted by Gasteiger charge is -2.09. The summed E-state index contributed by atoms with van der Waals surface area (Å²) in [5.41, 5.74) is 5.96. The Labute approximate surface area is 204 Å². The van der Waals surface area contributed by atoms with Crippen molar-refractivity contribution in [2.75, 3.05) is 7.11 Å². The Morgan fingerprint density at radius 3 is 2.74 bits per heavy atom. The maximum atomic E-state index is 5.86. The molecule has 6 nitrogen and oxygen atoms in total. The number of benzene rings is 2. The largest absolute Gasteiger partial charge is 0.496 e. The van der Waals surface area contributed by atoms with Crippen molar-refractivity contribution in [2.24, 2.45) is 7.05 Å². The first kappa shape index (κ1) is 22.2. The molecule has 35 heavy (non-hydrogen) atoms. The van der Waals surface area contributed by atoms with Gasteiger partial charge in [-0.1, -0.05) is 24.3 Å². The average molecular weight is 463 g/mol. The highest BCUT2D eigenvalue weighted by Gasteiger charge is 2.05. The van der Waals surface area contributed by atoms with Gasteiger partial charge in [0.1, 0.15) is 18.1 Å². The number of hydrogen-bond donors (Lipinski definition) is 1. The van der Waals surface area contributed by atoms with Gasteiger partial charge in [-0.3, -0.25) is 9.67 Å². The number of ether oxygens (including phenoxy) is 2. The maximum Gasteiger partial charge on any atom is 0.130 e. The minimum absolute atomic E-state index is 0.405. The van der Waals surface area contributed by atoms with Crippen LogP contribution < -0.4 is 9.47 Å². The molecule has 5 aromatic rings. The monoisotopic (exact) mass is 462 g/mol. The summed E-state index contributed by atoms with van der Waals surface area (Å²) in [7, 11) is 3.60. The fourth-order valence-corrected chi connectivity index (χ4v) is 3.83. The number of aryl methyl sites for hydroxylation is 1. The van der Waals surface area contributed by atoms with Crippen LogP contribution in [0.15, 0.2) is 79.1 Å². The molecule has 1 N–H and O–H groups in total. The molecule has 0 aliphatic rings. The predicted octanol–water partition coefficient (Wildman–Crippen LogP) is 6.22. The van der Waals surface area contributed by atoms with E-state index in [4.69, 9.17) is 9.47 Å². The molecule has 5 rings (SSSR count). The van der Waals surface area contributed by atoms with Gasteiger partial charge in [-0.25, -0.2) is 0 Å². The molecule has 0 saturated carbocycles. The standard InChI is InChI=1S/C29H26N4O2/c1-33-26(12-7-21-6-8-22-14-16-31-28(22)17-21)18-24(32-33)11-9-23-10-13-27(19-29(23)34-2)35-20-25-5-3-4-15-30-25/h3-19,31H,20H2,1-2H3/b11-9+,12-7+. The van der Waals surface area contributed by atoms with E-state index in [0.717, 1.165) is 45.2 Å². The summed E-state index contributed by atoms with van der Waals surface area (Å²) in [6, 6.07) is 22.0. The van der Waals surface area contributed by atoms with Crippen LogP contribution in [0.5, 0.6) is 11.5 Å². The van der Waals surface area contributed by atoms with Gasteiger partial charge in [-0.15, -0.1) is 0 Å². The lowest BCUT2D eigenvalue weighted by atomic mass is 10.1. The second kappa shape index (κ2) is 10.1. The number of nitrogens with one attached hydrogen (secondary N) is 1. The zero-order valence-corrected chi connectivity index (χ0v) is 19.7. The normalized spacial score (nSPS) is 11.6. The van der Waals surface area contributed by atoms with Gasteiger partial charge in [0.2, 0.25) is 0 Å². The molecular weight excluding hydrogens is 436 g/mol. The number of nitrogens with zero attached hydrogens (tertiary/aromatic N) is 3. The molecule has 6 heteroatoms. The second-order valence-corrected chi connectivity index (χ2v) is 8.12. The van der Waals surface area contributed by atoms with Crippen molar-refractivity contribution in [1.82, 2.24) is 19.7 Å². The molecule has 0 radical (unpaired) electrons. The Morgan fingerprint density at radius 2 is 1.89 bits per heavy atom. The Hall–Kier alpha value is -4.58. The third kappa shape index (κ3) is 5.33. The zero-order chi connectivity index (χ0) is 24.0. The molecule has 0 bridgehead atoms. The summed E-state index contributed by atoms with van der Waals surface area (Å²) in [6.45, 7) is 0.405. The summed E-state index contributed by atoms with van der Waals surface area (Å²) < 4.78 is 13.3.